The van der Waals surface area contributed by atoms with Gasteiger partial charge in [0.15, 0.2) is 0 Å². The van der Waals surface area contributed by atoms with Crippen molar-refractivity contribution in [3.8, 4) is 0 Å². The molecule has 3 unspecified atom stereocenters. The summed E-state index contributed by atoms with van der Waals surface area (Å²) in [6, 6.07) is -0.797. The van der Waals surface area contributed by atoms with Gasteiger partial charge in [0.2, 0.25) is 5.91 Å². The molecule has 0 aromatic rings. The third-order valence-electron chi connectivity index (χ3n) is 14.5. The van der Waals surface area contributed by atoms with Crippen LogP contribution in [0, 0.1) is 0 Å². The summed E-state index contributed by atoms with van der Waals surface area (Å²) in [5, 5.41) is 14.0. The van der Waals surface area contributed by atoms with Crippen LogP contribution in [0.3, 0.4) is 0 Å². The van der Waals surface area contributed by atoms with E-state index in [1.54, 1.807) is 0 Å². The average molecular weight is 1010 g/mol. The van der Waals surface area contributed by atoms with Gasteiger partial charge in [0.05, 0.1) is 39.9 Å². The standard InChI is InChI=1S/C61H123N2O6P/c1-6-8-10-12-14-16-18-20-22-24-26-27-28-29-30-31-32-33-34-35-37-39-41-43-45-47-49-51-53-55-61(65)62-59(58-69-70(66,67)68-57-56-63(3,4)5)60(64)54-52-50-48-46-44-42-40-38-36-25-23-21-19-17-15-13-11-9-7-2/h24,26,59-60,64H,6-23,25,27-58H2,1-5H3,(H-,62,65,66,67)/b26-24-. The second kappa shape index (κ2) is 53.1. The number of rotatable bonds is 58. The zero-order chi connectivity index (χ0) is 51.3. The number of unbranched alkanes of at least 4 members (excludes halogenated alkanes) is 43. The molecule has 0 aromatic carbocycles. The van der Waals surface area contributed by atoms with Gasteiger partial charge in [-0.25, -0.2) is 0 Å². The number of allylic oxidation sites excluding steroid dienone is 2. The highest BCUT2D eigenvalue weighted by molar-refractivity contribution is 7.45. The second-order valence-corrected chi connectivity index (χ2v) is 24.2. The molecule has 0 bridgehead atoms. The van der Waals surface area contributed by atoms with Gasteiger partial charge in [-0.1, -0.05) is 289 Å². The number of amides is 1. The molecule has 0 saturated heterocycles. The molecular formula is C61H123N2O6P. The van der Waals surface area contributed by atoms with E-state index in [1.165, 1.54) is 257 Å². The number of likely N-dealkylation sites (N-methyl/N-ethyl adjacent to an activating group) is 1. The number of quaternary nitrogens is 1. The fraction of sp³-hybridized carbons (Fsp3) is 0.951. The summed E-state index contributed by atoms with van der Waals surface area (Å²) in [5.74, 6) is -0.157. The van der Waals surface area contributed by atoms with Gasteiger partial charge in [0.25, 0.3) is 7.82 Å². The van der Waals surface area contributed by atoms with Crippen LogP contribution in [-0.2, 0) is 18.4 Å². The Hall–Kier alpha value is -0.760. The lowest BCUT2D eigenvalue weighted by Crippen LogP contribution is -2.46. The molecule has 0 fully saturated rings. The number of hydrogen-bond acceptors (Lipinski definition) is 6. The summed E-state index contributed by atoms with van der Waals surface area (Å²) in [6.07, 6.45) is 65.4. The fourth-order valence-corrected chi connectivity index (χ4v) is 10.4. The molecule has 0 aliphatic heterocycles. The molecule has 3 atom stereocenters. The third-order valence-corrected chi connectivity index (χ3v) is 15.5. The van der Waals surface area contributed by atoms with E-state index in [-0.39, 0.29) is 19.1 Å². The molecule has 0 aromatic heterocycles. The molecule has 0 heterocycles. The zero-order valence-electron chi connectivity index (χ0n) is 47.8. The molecule has 1 amide bonds. The van der Waals surface area contributed by atoms with E-state index in [0.29, 0.717) is 23.9 Å². The first-order chi connectivity index (χ1) is 34.0. The Morgan fingerprint density at radius 2 is 0.786 bits per heavy atom. The summed E-state index contributed by atoms with van der Waals surface area (Å²) >= 11 is 0. The molecule has 8 nitrogen and oxygen atoms in total. The Morgan fingerprint density at radius 1 is 0.486 bits per heavy atom. The molecular weight excluding hydrogens is 888 g/mol. The first-order valence-electron chi connectivity index (χ1n) is 31.0. The third kappa shape index (κ3) is 55.0. The number of carbonyl (C=O) groups is 1. The number of aliphatic hydroxyl groups excluding tert-OH is 1. The molecule has 70 heavy (non-hydrogen) atoms. The number of phosphoric ester groups is 1. The molecule has 0 aliphatic rings. The van der Waals surface area contributed by atoms with Crippen molar-refractivity contribution < 1.29 is 32.9 Å². The summed E-state index contributed by atoms with van der Waals surface area (Å²) in [6.45, 7) is 4.77. The Kier molecular flexibility index (Phi) is 52.5. The zero-order valence-corrected chi connectivity index (χ0v) is 48.6. The molecule has 0 spiro atoms. The molecule has 0 rings (SSSR count). The van der Waals surface area contributed by atoms with Crippen molar-refractivity contribution in [3.05, 3.63) is 12.2 Å². The van der Waals surface area contributed by atoms with Gasteiger partial charge in [-0.05, 0) is 38.5 Å². The van der Waals surface area contributed by atoms with Gasteiger partial charge in [-0.3, -0.25) is 9.36 Å². The predicted octanol–water partition coefficient (Wildman–Crippen LogP) is 18.4. The van der Waals surface area contributed by atoms with E-state index in [1.807, 2.05) is 21.1 Å². The van der Waals surface area contributed by atoms with E-state index in [0.717, 1.165) is 38.5 Å². The lowest BCUT2D eigenvalue weighted by Gasteiger charge is -2.30. The largest absolute Gasteiger partial charge is 0.756 e. The van der Waals surface area contributed by atoms with Crippen molar-refractivity contribution >= 4 is 13.7 Å². The minimum atomic E-state index is -4.57. The van der Waals surface area contributed by atoms with E-state index in [9.17, 15) is 19.4 Å². The van der Waals surface area contributed by atoms with Crippen LogP contribution in [0.25, 0.3) is 0 Å². The minimum absolute atomic E-state index is 0.0155. The average Bonchev–Trinajstić information content (AvgIpc) is 3.32. The van der Waals surface area contributed by atoms with Gasteiger partial charge >= 0.3 is 0 Å². The van der Waals surface area contributed by atoms with Gasteiger partial charge in [-0.15, -0.1) is 0 Å². The maximum Gasteiger partial charge on any atom is 0.268 e. The van der Waals surface area contributed by atoms with Crippen LogP contribution < -0.4 is 10.2 Å². The highest BCUT2D eigenvalue weighted by Crippen LogP contribution is 2.38. The summed E-state index contributed by atoms with van der Waals surface area (Å²) in [4.78, 5) is 25.6. The van der Waals surface area contributed by atoms with Crippen molar-refractivity contribution in [2.75, 3.05) is 40.9 Å². The smallest absolute Gasteiger partial charge is 0.268 e. The monoisotopic (exact) mass is 1010 g/mol. The summed E-state index contributed by atoms with van der Waals surface area (Å²) in [5.41, 5.74) is 0. The minimum Gasteiger partial charge on any atom is -0.756 e. The Morgan fingerprint density at radius 3 is 1.11 bits per heavy atom. The van der Waals surface area contributed by atoms with Gasteiger partial charge in [0, 0.05) is 6.42 Å². The van der Waals surface area contributed by atoms with E-state index >= 15 is 0 Å². The van der Waals surface area contributed by atoms with Crippen LogP contribution in [0.5, 0.6) is 0 Å². The van der Waals surface area contributed by atoms with Crippen LogP contribution in [0.1, 0.15) is 322 Å². The van der Waals surface area contributed by atoms with Crippen LogP contribution in [0.4, 0.5) is 0 Å². The number of phosphoric acid groups is 1. The van der Waals surface area contributed by atoms with Crippen LogP contribution >= 0.6 is 7.82 Å². The molecule has 2 N–H and O–H groups in total. The molecule has 0 aliphatic carbocycles. The summed E-state index contributed by atoms with van der Waals surface area (Å²) in [7, 11) is 1.32. The van der Waals surface area contributed by atoms with Gasteiger partial charge in [-0.2, -0.15) is 0 Å². The Bertz CT molecular complexity index is 1150. The van der Waals surface area contributed by atoms with Crippen molar-refractivity contribution in [2.45, 2.75) is 334 Å². The van der Waals surface area contributed by atoms with Crippen LogP contribution in [0.2, 0.25) is 0 Å². The van der Waals surface area contributed by atoms with Crippen molar-refractivity contribution in [1.29, 1.82) is 0 Å². The van der Waals surface area contributed by atoms with Crippen molar-refractivity contribution in [2.24, 2.45) is 0 Å². The van der Waals surface area contributed by atoms with Crippen molar-refractivity contribution in [1.82, 2.24) is 5.32 Å². The molecule has 0 radical (unpaired) electrons. The predicted molar refractivity (Wildman–Crippen MR) is 302 cm³/mol. The lowest BCUT2D eigenvalue weighted by molar-refractivity contribution is -0.870. The van der Waals surface area contributed by atoms with Crippen LogP contribution in [0.15, 0.2) is 12.2 Å². The Labute approximate surface area is 437 Å². The lowest BCUT2D eigenvalue weighted by atomic mass is 10.0. The molecule has 0 saturated carbocycles. The van der Waals surface area contributed by atoms with E-state index < -0.39 is 20.0 Å². The first kappa shape index (κ1) is 69.2. The van der Waals surface area contributed by atoms with Crippen molar-refractivity contribution in [3.63, 3.8) is 0 Å². The number of nitrogens with zero attached hydrogens (tertiary/aromatic N) is 1. The number of carbonyl (C=O) groups excluding carboxylic acids is 1. The highest BCUT2D eigenvalue weighted by Gasteiger charge is 2.24. The first-order valence-corrected chi connectivity index (χ1v) is 32.5. The fourth-order valence-electron chi connectivity index (χ4n) is 9.63. The quantitative estimate of drug-likeness (QED) is 0.0272. The molecule has 418 valence electrons. The maximum absolute atomic E-state index is 13.0. The van der Waals surface area contributed by atoms with Gasteiger partial charge < -0.3 is 28.8 Å². The van der Waals surface area contributed by atoms with E-state index in [4.69, 9.17) is 9.05 Å². The normalized spacial score (nSPS) is 13.9. The number of nitrogens with one attached hydrogen (secondary N) is 1. The van der Waals surface area contributed by atoms with Gasteiger partial charge in [0.1, 0.15) is 13.2 Å². The molecule has 9 heteroatoms. The Balaban J connectivity index is 4.05. The SMILES string of the molecule is CCCCCCCCCC/C=C\CCCCCCCCCCCCCCCCCCCC(=O)NC(COP(=O)([O-])OCC[N+](C)(C)C)C(O)CCCCCCCCCCCCCCCCCCCCC. The maximum atomic E-state index is 13.0. The second-order valence-electron chi connectivity index (χ2n) is 22.8. The van der Waals surface area contributed by atoms with E-state index in [2.05, 4.69) is 31.3 Å². The number of aliphatic hydroxyl groups is 1. The number of hydrogen-bond donors (Lipinski definition) is 2. The van der Waals surface area contributed by atoms with Crippen LogP contribution in [-0.4, -0.2) is 68.5 Å². The summed E-state index contributed by atoms with van der Waals surface area (Å²) < 4.78 is 23.5. The highest BCUT2D eigenvalue weighted by atomic mass is 31.2. The topological polar surface area (TPSA) is 108 Å².